The van der Waals surface area contributed by atoms with Gasteiger partial charge in [0.25, 0.3) is 0 Å². The van der Waals surface area contributed by atoms with E-state index in [9.17, 15) is 9.18 Å². The van der Waals surface area contributed by atoms with Crippen LogP contribution in [0.25, 0.3) is 0 Å². The van der Waals surface area contributed by atoms with Crippen molar-refractivity contribution < 1.29 is 9.18 Å². The second kappa shape index (κ2) is 5.52. The van der Waals surface area contributed by atoms with Crippen molar-refractivity contribution in [2.45, 2.75) is 32.6 Å². The number of nitrogen functional groups attached to an aromatic ring is 2. The fourth-order valence-corrected chi connectivity index (χ4v) is 3.94. The van der Waals surface area contributed by atoms with Gasteiger partial charge in [-0.25, -0.2) is 4.39 Å². The fourth-order valence-electron chi connectivity index (χ4n) is 3.94. The van der Waals surface area contributed by atoms with Gasteiger partial charge in [0.2, 0.25) is 5.95 Å². The van der Waals surface area contributed by atoms with Gasteiger partial charge in [-0.3, -0.25) is 4.79 Å². The third kappa shape index (κ3) is 2.60. The molecule has 2 heterocycles. The molecule has 134 valence electrons. The lowest BCUT2D eigenvalue weighted by Crippen LogP contribution is -2.34. The van der Waals surface area contributed by atoms with Crippen molar-refractivity contribution in [3.63, 3.8) is 0 Å². The third-order valence-electron chi connectivity index (χ3n) is 4.96. The number of Topliss-reactive ketones (excluding diaryl/α,β-unsaturated/α-hetero) is 1. The first kappa shape index (κ1) is 16.5. The molecule has 0 saturated heterocycles. The molecule has 0 spiro atoms. The Morgan fingerprint density at radius 1 is 1.15 bits per heavy atom. The van der Waals surface area contributed by atoms with Crippen LogP contribution in [0.15, 0.2) is 35.5 Å². The number of ketones is 1. The highest BCUT2D eigenvalue weighted by Crippen LogP contribution is 2.49. The van der Waals surface area contributed by atoms with Gasteiger partial charge >= 0.3 is 0 Å². The number of allylic oxidation sites excluding steroid dienone is 2. The molecule has 1 aromatic heterocycles. The molecule has 0 fully saturated rings. The van der Waals surface area contributed by atoms with E-state index in [1.54, 1.807) is 12.1 Å². The van der Waals surface area contributed by atoms with E-state index in [0.29, 0.717) is 29.8 Å². The summed E-state index contributed by atoms with van der Waals surface area (Å²) in [4.78, 5) is 21.4. The Labute approximate surface area is 150 Å². The van der Waals surface area contributed by atoms with Crippen molar-refractivity contribution in [1.82, 2.24) is 9.97 Å². The van der Waals surface area contributed by atoms with E-state index < -0.39 is 5.92 Å². The maximum atomic E-state index is 13.4. The predicted molar refractivity (Wildman–Crippen MR) is 97.8 cm³/mol. The lowest BCUT2D eigenvalue weighted by Gasteiger charge is -2.39. The largest absolute Gasteiger partial charge is 0.383 e. The Kier molecular flexibility index (Phi) is 3.50. The number of nitrogens with one attached hydrogen (secondary N) is 1. The van der Waals surface area contributed by atoms with Gasteiger partial charge in [0.1, 0.15) is 17.5 Å². The number of anilines is 3. The van der Waals surface area contributed by atoms with Crippen LogP contribution >= 0.6 is 0 Å². The highest BCUT2D eigenvalue weighted by Gasteiger charge is 2.42. The first-order chi connectivity index (χ1) is 12.2. The molecule has 2 aliphatic rings. The van der Waals surface area contributed by atoms with Gasteiger partial charge in [0.05, 0.1) is 0 Å². The monoisotopic (exact) mass is 353 g/mol. The Balaban J connectivity index is 1.97. The van der Waals surface area contributed by atoms with Crippen LogP contribution in [0.3, 0.4) is 0 Å². The fraction of sp³-hybridized carbons (Fsp3) is 0.316. The summed E-state index contributed by atoms with van der Waals surface area (Å²) >= 11 is 0. The van der Waals surface area contributed by atoms with Crippen LogP contribution < -0.4 is 16.8 Å². The first-order valence-corrected chi connectivity index (χ1v) is 8.47. The molecular weight excluding hydrogens is 333 g/mol. The number of fused-ring (bicyclic) bond motifs is 1. The average molecular weight is 353 g/mol. The van der Waals surface area contributed by atoms with Crippen LogP contribution in [0, 0.1) is 11.2 Å². The molecule has 6 nitrogen and oxygen atoms in total. The summed E-state index contributed by atoms with van der Waals surface area (Å²) in [6.07, 6.45) is 1.14. The van der Waals surface area contributed by atoms with Gasteiger partial charge in [-0.15, -0.1) is 0 Å². The minimum Gasteiger partial charge on any atom is -0.383 e. The lowest BCUT2D eigenvalue weighted by molar-refractivity contribution is -0.118. The van der Waals surface area contributed by atoms with Gasteiger partial charge < -0.3 is 16.8 Å². The van der Waals surface area contributed by atoms with Crippen molar-refractivity contribution in [2.75, 3.05) is 16.8 Å². The molecule has 0 unspecified atom stereocenters. The number of hydrogen-bond donors (Lipinski definition) is 3. The molecule has 0 radical (unpaired) electrons. The van der Waals surface area contributed by atoms with Crippen LogP contribution in [-0.4, -0.2) is 15.8 Å². The van der Waals surface area contributed by atoms with Crippen LogP contribution in [0.2, 0.25) is 0 Å². The smallest absolute Gasteiger partial charge is 0.223 e. The maximum absolute atomic E-state index is 13.4. The quantitative estimate of drug-likeness (QED) is 0.727. The molecule has 0 saturated carbocycles. The van der Waals surface area contributed by atoms with Crippen LogP contribution in [0.4, 0.5) is 22.0 Å². The zero-order chi connectivity index (χ0) is 18.6. The highest BCUT2D eigenvalue weighted by molar-refractivity contribution is 6.02. The summed E-state index contributed by atoms with van der Waals surface area (Å²) < 4.78 is 13.4. The molecule has 7 heteroatoms. The predicted octanol–water partition coefficient (Wildman–Crippen LogP) is 2.98. The number of benzene rings is 1. The molecule has 26 heavy (non-hydrogen) atoms. The zero-order valence-electron chi connectivity index (χ0n) is 14.6. The third-order valence-corrected chi connectivity index (χ3v) is 4.96. The minimum absolute atomic E-state index is 0.0555. The van der Waals surface area contributed by atoms with E-state index in [4.69, 9.17) is 11.5 Å². The molecule has 5 N–H and O–H groups in total. The molecule has 1 atom stereocenters. The second-order valence-electron chi connectivity index (χ2n) is 7.67. The van der Waals surface area contributed by atoms with Gasteiger partial charge in [-0.2, -0.15) is 9.97 Å². The maximum Gasteiger partial charge on any atom is 0.223 e. The Morgan fingerprint density at radius 2 is 1.85 bits per heavy atom. The molecule has 1 aromatic carbocycles. The Bertz CT molecular complexity index is 949. The van der Waals surface area contributed by atoms with Crippen molar-refractivity contribution in [3.05, 3.63) is 52.5 Å². The molecule has 1 aliphatic carbocycles. The summed E-state index contributed by atoms with van der Waals surface area (Å²) in [5.41, 5.74) is 14.6. The molecule has 4 rings (SSSR count). The van der Waals surface area contributed by atoms with E-state index in [1.165, 1.54) is 12.1 Å². The number of halogens is 1. The minimum atomic E-state index is -0.439. The summed E-state index contributed by atoms with van der Waals surface area (Å²) in [6.45, 7) is 4.11. The number of hydrogen-bond acceptors (Lipinski definition) is 6. The Hall–Kier alpha value is -2.96. The molecular formula is C19H20FN5O. The van der Waals surface area contributed by atoms with Crippen LogP contribution in [-0.2, 0) is 4.79 Å². The first-order valence-electron chi connectivity index (χ1n) is 8.47. The van der Waals surface area contributed by atoms with Crippen molar-refractivity contribution in [3.8, 4) is 0 Å². The van der Waals surface area contributed by atoms with E-state index >= 15 is 0 Å². The average Bonchev–Trinajstić information content (AvgIpc) is 2.52. The number of nitrogens with zero attached hydrogens (tertiary/aromatic N) is 2. The standard InChI is InChI=1S/C19H20FN5O/c1-19(2)7-11-14(12(26)8-19)13(9-3-5-10(20)6-4-9)15-16(21)24-18(22)25-17(15)23-11/h3-6,13H,7-8H2,1-2H3,(H5,21,22,23,24,25)/t13-/m0/s1. The zero-order valence-corrected chi connectivity index (χ0v) is 14.6. The van der Waals surface area contributed by atoms with Crippen molar-refractivity contribution in [2.24, 2.45) is 5.41 Å². The van der Waals surface area contributed by atoms with E-state index in [2.05, 4.69) is 29.1 Å². The SMILES string of the molecule is CC1(C)CC(=O)C2=C(C1)Nc1nc(N)nc(N)c1[C@H]2c1ccc(F)cc1. The number of carbonyl (C=O) groups is 1. The second-order valence-corrected chi connectivity index (χ2v) is 7.67. The number of rotatable bonds is 1. The summed E-state index contributed by atoms with van der Waals surface area (Å²) in [7, 11) is 0. The van der Waals surface area contributed by atoms with Crippen LogP contribution in [0.5, 0.6) is 0 Å². The highest BCUT2D eigenvalue weighted by atomic mass is 19.1. The topological polar surface area (TPSA) is 107 Å². The summed E-state index contributed by atoms with van der Waals surface area (Å²) in [5.74, 6) is 0.0740. The number of nitrogens with two attached hydrogens (primary N) is 2. The summed E-state index contributed by atoms with van der Waals surface area (Å²) in [5, 5.41) is 3.25. The van der Waals surface area contributed by atoms with E-state index in [0.717, 1.165) is 11.3 Å². The van der Waals surface area contributed by atoms with Gasteiger partial charge in [0.15, 0.2) is 5.78 Å². The summed E-state index contributed by atoms with van der Waals surface area (Å²) in [6, 6.07) is 6.09. The number of aromatic nitrogens is 2. The number of carbonyl (C=O) groups excluding carboxylic acids is 1. The van der Waals surface area contributed by atoms with E-state index in [1.807, 2.05) is 0 Å². The van der Waals surface area contributed by atoms with Crippen molar-refractivity contribution >= 4 is 23.4 Å². The van der Waals surface area contributed by atoms with Gasteiger partial charge in [0, 0.05) is 29.2 Å². The normalized spacial score (nSPS) is 21.0. The molecule has 1 aliphatic heterocycles. The van der Waals surface area contributed by atoms with Gasteiger partial charge in [-0.05, 0) is 29.5 Å². The molecule has 0 bridgehead atoms. The van der Waals surface area contributed by atoms with E-state index in [-0.39, 0.29) is 28.8 Å². The lowest BCUT2D eigenvalue weighted by atomic mass is 9.69. The van der Waals surface area contributed by atoms with Gasteiger partial charge in [-0.1, -0.05) is 26.0 Å². The van der Waals surface area contributed by atoms with Crippen LogP contribution in [0.1, 0.15) is 43.7 Å². The molecule has 2 aromatic rings. The Morgan fingerprint density at radius 3 is 2.54 bits per heavy atom. The molecule has 0 amide bonds. The van der Waals surface area contributed by atoms with Crippen molar-refractivity contribution in [1.29, 1.82) is 0 Å².